The van der Waals surface area contributed by atoms with E-state index in [9.17, 15) is 14.9 Å². The molecule has 0 N–H and O–H groups in total. The molecule has 1 aromatic rings. The quantitative estimate of drug-likeness (QED) is 0.361. The fraction of sp³-hybridized carbons (Fsp3) is 0.308. The first-order valence-electron chi connectivity index (χ1n) is 5.69. The lowest BCUT2D eigenvalue weighted by atomic mass is 10.1. The molecule has 0 bridgehead atoms. The number of carbonyl (C=O) groups excluding carboxylic acids is 1. The van der Waals surface area contributed by atoms with Gasteiger partial charge in [0.2, 0.25) is 0 Å². The Morgan fingerprint density at radius 1 is 1.55 bits per heavy atom. The highest BCUT2D eigenvalue weighted by molar-refractivity contribution is 6.34. The third-order valence-electron chi connectivity index (χ3n) is 2.58. The Morgan fingerprint density at radius 3 is 2.60 bits per heavy atom. The normalized spacial score (nSPS) is 10.0. The van der Waals surface area contributed by atoms with Crippen molar-refractivity contribution in [1.82, 2.24) is 0 Å². The lowest BCUT2D eigenvalue weighted by molar-refractivity contribution is -0.384. The zero-order valence-electron chi connectivity index (χ0n) is 11.5. The number of anilines is 1. The molecular formula is C13H15ClN2O4. The first kappa shape index (κ1) is 16.0. The Bertz CT molecular complexity index is 572. The predicted molar refractivity (Wildman–Crippen MR) is 77.5 cm³/mol. The molecule has 0 radical (unpaired) electrons. The molecule has 20 heavy (non-hydrogen) atoms. The van der Waals surface area contributed by atoms with E-state index >= 15 is 0 Å². The van der Waals surface area contributed by atoms with E-state index in [1.54, 1.807) is 11.9 Å². The van der Waals surface area contributed by atoms with Gasteiger partial charge in [-0.15, -0.1) is 0 Å². The topological polar surface area (TPSA) is 72.7 Å². The van der Waals surface area contributed by atoms with Crippen LogP contribution >= 0.6 is 11.6 Å². The van der Waals surface area contributed by atoms with Crippen LogP contribution in [0.3, 0.4) is 0 Å². The third-order valence-corrected chi connectivity index (χ3v) is 2.90. The van der Waals surface area contributed by atoms with Crippen LogP contribution in [0.4, 0.5) is 11.4 Å². The summed E-state index contributed by atoms with van der Waals surface area (Å²) in [5.74, 6) is -0.716. The molecular weight excluding hydrogens is 284 g/mol. The van der Waals surface area contributed by atoms with E-state index in [4.69, 9.17) is 11.6 Å². The van der Waals surface area contributed by atoms with E-state index in [1.807, 2.05) is 6.92 Å². The van der Waals surface area contributed by atoms with Gasteiger partial charge in [0, 0.05) is 19.7 Å². The summed E-state index contributed by atoms with van der Waals surface area (Å²) in [6.45, 7) is 6.01. The van der Waals surface area contributed by atoms with Crippen molar-refractivity contribution in [3.63, 3.8) is 0 Å². The summed E-state index contributed by atoms with van der Waals surface area (Å²) in [6.07, 6.45) is 0. The summed E-state index contributed by atoms with van der Waals surface area (Å²) < 4.78 is 4.54. The fourth-order valence-electron chi connectivity index (χ4n) is 1.76. The highest BCUT2D eigenvalue weighted by Gasteiger charge is 2.23. The molecule has 0 fully saturated rings. The van der Waals surface area contributed by atoms with Gasteiger partial charge in [0.25, 0.3) is 5.69 Å². The first-order chi connectivity index (χ1) is 9.27. The number of hydrogen-bond donors (Lipinski definition) is 0. The lowest BCUT2D eigenvalue weighted by Crippen LogP contribution is -2.20. The van der Waals surface area contributed by atoms with Gasteiger partial charge >= 0.3 is 5.97 Å². The average molecular weight is 299 g/mol. The van der Waals surface area contributed by atoms with Crippen molar-refractivity contribution in [2.75, 3.05) is 25.6 Å². The number of nitrogens with zero attached hydrogens (tertiary/aromatic N) is 2. The van der Waals surface area contributed by atoms with Crippen LogP contribution in [0.25, 0.3) is 0 Å². The van der Waals surface area contributed by atoms with Crippen molar-refractivity contribution in [2.45, 2.75) is 6.92 Å². The zero-order chi connectivity index (χ0) is 15.4. The third kappa shape index (κ3) is 3.48. The van der Waals surface area contributed by atoms with Gasteiger partial charge in [-0.25, -0.2) is 4.79 Å². The second kappa shape index (κ2) is 6.38. The van der Waals surface area contributed by atoms with E-state index < -0.39 is 10.9 Å². The summed E-state index contributed by atoms with van der Waals surface area (Å²) in [6, 6.07) is 2.51. The minimum absolute atomic E-state index is 0.0339. The van der Waals surface area contributed by atoms with Gasteiger partial charge in [0.1, 0.15) is 5.69 Å². The molecule has 0 amide bonds. The minimum Gasteiger partial charge on any atom is -0.465 e. The summed E-state index contributed by atoms with van der Waals surface area (Å²) in [7, 11) is 2.87. The number of esters is 1. The van der Waals surface area contributed by atoms with Gasteiger partial charge in [-0.3, -0.25) is 10.1 Å². The fourth-order valence-corrected chi connectivity index (χ4v) is 1.99. The highest BCUT2D eigenvalue weighted by Crippen LogP contribution is 2.34. The Balaban J connectivity index is 3.38. The molecule has 0 spiro atoms. The SMILES string of the molecule is C=C(C)CN(C)c1cc(Cl)c(C(=O)OC)cc1[N+](=O)[O-]. The van der Waals surface area contributed by atoms with Crippen molar-refractivity contribution in [1.29, 1.82) is 0 Å². The van der Waals surface area contributed by atoms with E-state index in [-0.39, 0.29) is 16.3 Å². The Labute approximate surface area is 121 Å². The monoisotopic (exact) mass is 298 g/mol. The van der Waals surface area contributed by atoms with Crippen molar-refractivity contribution in [3.8, 4) is 0 Å². The molecule has 0 unspecified atom stereocenters. The molecule has 0 heterocycles. The van der Waals surface area contributed by atoms with Crippen molar-refractivity contribution >= 4 is 28.9 Å². The van der Waals surface area contributed by atoms with Gasteiger partial charge in [-0.1, -0.05) is 23.8 Å². The Hall–Kier alpha value is -2.08. The molecule has 1 aromatic carbocycles. The number of carbonyl (C=O) groups is 1. The molecule has 0 aliphatic carbocycles. The van der Waals surface area contributed by atoms with Gasteiger partial charge in [-0.2, -0.15) is 0 Å². The van der Waals surface area contributed by atoms with Gasteiger partial charge in [0.05, 0.1) is 22.6 Å². The molecule has 0 saturated heterocycles. The van der Waals surface area contributed by atoms with Crippen molar-refractivity contribution < 1.29 is 14.5 Å². The molecule has 108 valence electrons. The molecule has 0 aromatic heterocycles. The van der Waals surface area contributed by atoms with E-state index in [1.165, 1.54) is 13.2 Å². The maximum absolute atomic E-state index is 11.5. The Kier molecular flexibility index (Phi) is 5.10. The number of hydrogen-bond acceptors (Lipinski definition) is 5. The molecule has 0 saturated carbocycles. The lowest BCUT2D eigenvalue weighted by Gasteiger charge is -2.20. The smallest absolute Gasteiger partial charge is 0.339 e. The average Bonchev–Trinajstić information content (AvgIpc) is 2.36. The largest absolute Gasteiger partial charge is 0.465 e. The minimum atomic E-state index is -0.716. The maximum Gasteiger partial charge on any atom is 0.339 e. The van der Waals surface area contributed by atoms with Gasteiger partial charge < -0.3 is 9.64 Å². The molecule has 7 heteroatoms. The van der Waals surface area contributed by atoms with Crippen LogP contribution in [0.2, 0.25) is 5.02 Å². The second-order valence-corrected chi connectivity index (χ2v) is 4.79. The zero-order valence-corrected chi connectivity index (χ0v) is 12.2. The van der Waals surface area contributed by atoms with Crippen LogP contribution in [0, 0.1) is 10.1 Å². The molecule has 0 aliphatic heterocycles. The van der Waals surface area contributed by atoms with E-state index in [0.717, 1.165) is 11.6 Å². The molecule has 0 atom stereocenters. The molecule has 6 nitrogen and oxygen atoms in total. The van der Waals surface area contributed by atoms with Crippen LogP contribution < -0.4 is 4.90 Å². The number of methoxy groups -OCH3 is 1. The maximum atomic E-state index is 11.5. The Morgan fingerprint density at radius 2 is 2.15 bits per heavy atom. The number of likely N-dealkylation sites (N-methyl/N-ethyl adjacent to an activating group) is 1. The van der Waals surface area contributed by atoms with Crippen LogP contribution in [0.1, 0.15) is 17.3 Å². The van der Waals surface area contributed by atoms with Crippen LogP contribution in [0.5, 0.6) is 0 Å². The van der Waals surface area contributed by atoms with E-state index in [0.29, 0.717) is 12.2 Å². The standard InChI is InChI=1S/C13H15ClN2O4/c1-8(2)7-15(3)11-6-10(14)9(13(17)20-4)5-12(11)16(18)19/h5-6H,1,7H2,2-4H3. The number of ether oxygens (including phenoxy) is 1. The highest BCUT2D eigenvalue weighted by atomic mass is 35.5. The molecule has 0 aliphatic rings. The van der Waals surface area contributed by atoms with E-state index in [2.05, 4.69) is 11.3 Å². The van der Waals surface area contributed by atoms with Crippen molar-refractivity contribution in [3.05, 3.63) is 45.0 Å². The second-order valence-electron chi connectivity index (χ2n) is 4.38. The summed E-state index contributed by atoms with van der Waals surface area (Å²) in [4.78, 5) is 23.7. The van der Waals surface area contributed by atoms with Gasteiger partial charge in [-0.05, 0) is 13.0 Å². The summed E-state index contributed by atoms with van der Waals surface area (Å²) >= 11 is 5.99. The summed E-state index contributed by atoms with van der Waals surface area (Å²) in [5, 5.41) is 11.3. The van der Waals surface area contributed by atoms with Crippen LogP contribution in [-0.2, 0) is 4.74 Å². The number of rotatable bonds is 5. The predicted octanol–water partition coefficient (Wildman–Crippen LogP) is 3.05. The summed E-state index contributed by atoms with van der Waals surface area (Å²) in [5.41, 5.74) is 0.914. The van der Waals surface area contributed by atoms with Crippen molar-refractivity contribution in [2.24, 2.45) is 0 Å². The number of nitro groups is 1. The van der Waals surface area contributed by atoms with Gasteiger partial charge in [0.15, 0.2) is 0 Å². The first-order valence-corrected chi connectivity index (χ1v) is 6.07. The number of nitro benzene ring substituents is 1. The van der Waals surface area contributed by atoms with Crippen LogP contribution in [-0.4, -0.2) is 31.6 Å². The van der Waals surface area contributed by atoms with Crippen LogP contribution in [0.15, 0.2) is 24.3 Å². The number of benzene rings is 1. The number of halogens is 1. The molecule has 1 rings (SSSR count).